The maximum atomic E-state index is 13.1. The normalized spacial score (nSPS) is 20.4. The zero-order valence-corrected chi connectivity index (χ0v) is 14.7. The molecule has 3 rings (SSSR count). The van der Waals surface area contributed by atoms with E-state index in [0.717, 1.165) is 51.1 Å². The van der Waals surface area contributed by atoms with Crippen LogP contribution in [0.4, 0.5) is 4.39 Å². The molecule has 1 aliphatic heterocycles. The summed E-state index contributed by atoms with van der Waals surface area (Å²) >= 11 is 6.10. The molecule has 1 amide bonds. The zero-order chi connectivity index (χ0) is 16.9. The number of rotatable bonds is 5. The number of carbonyl (C=O) groups is 1. The molecule has 0 radical (unpaired) electrons. The van der Waals surface area contributed by atoms with Crippen LogP contribution in [-0.4, -0.2) is 54.5 Å². The van der Waals surface area contributed by atoms with Gasteiger partial charge in [0, 0.05) is 43.8 Å². The van der Waals surface area contributed by atoms with Crippen LogP contribution >= 0.6 is 11.6 Å². The Hall–Kier alpha value is -1.17. The highest BCUT2D eigenvalue weighted by atomic mass is 35.5. The van der Waals surface area contributed by atoms with Crippen LogP contribution in [-0.2, 0) is 11.3 Å². The van der Waals surface area contributed by atoms with E-state index in [1.807, 2.05) is 0 Å². The van der Waals surface area contributed by atoms with Gasteiger partial charge in [-0.1, -0.05) is 30.5 Å². The van der Waals surface area contributed by atoms with Crippen LogP contribution in [0.1, 0.15) is 31.2 Å². The third kappa shape index (κ3) is 4.91. The standard InChI is InChI=1S/C18H25ClFN3O/c19-17-11-15(20)6-5-14(17)12-22-7-9-23(10-8-22)13-18(24)21-16-3-1-2-4-16/h5-6,11,16H,1-4,7-10,12-13H2,(H,21,24). The highest BCUT2D eigenvalue weighted by molar-refractivity contribution is 6.31. The van der Waals surface area contributed by atoms with Crippen molar-refractivity contribution in [2.75, 3.05) is 32.7 Å². The molecular weight excluding hydrogens is 329 g/mol. The molecule has 0 aromatic heterocycles. The van der Waals surface area contributed by atoms with Gasteiger partial charge in [-0.15, -0.1) is 0 Å². The minimum atomic E-state index is -0.304. The summed E-state index contributed by atoms with van der Waals surface area (Å²) in [5.74, 6) is -0.154. The highest BCUT2D eigenvalue weighted by Gasteiger charge is 2.22. The zero-order valence-electron chi connectivity index (χ0n) is 13.9. The van der Waals surface area contributed by atoms with Gasteiger partial charge in [-0.3, -0.25) is 14.6 Å². The molecule has 0 spiro atoms. The molecule has 1 N–H and O–H groups in total. The fraction of sp³-hybridized carbons (Fsp3) is 0.611. The molecule has 4 nitrogen and oxygen atoms in total. The molecule has 0 bridgehead atoms. The number of hydrogen-bond acceptors (Lipinski definition) is 3. The quantitative estimate of drug-likeness (QED) is 0.884. The van der Waals surface area contributed by atoms with Crippen molar-refractivity contribution in [3.63, 3.8) is 0 Å². The van der Waals surface area contributed by atoms with E-state index in [9.17, 15) is 9.18 Å². The van der Waals surface area contributed by atoms with Gasteiger partial charge in [-0.25, -0.2) is 4.39 Å². The van der Waals surface area contributed by atoms with Crippen molar-refractivity contribution in [2.45, 2.75) is 38.3 Å². The minimum Gasteiger partial charge on any atom is -0.352 e. The summed E-state index contributed by atoms with van der Waals surface area (Å²) in [6.45, 7) is 4.74. The van der Waals surface area contributed by atoms with E-state index in [0.29, 0.717) is 17.6 Å². The first kappa shape index (κ1) is 17.6. The van der Waals surface area contributed by atoms with Crippen LogP contribution in [0.5, 0.6) is 0 Å². The Morgan fingerprint density at radius 2 is 1.83 bits per heavy atom. The lowest BCUT2D eigenvalue weighted by Gasteiger charge is -2.34. The first-order chi connectivity index (χ1) is 11.6. The number of amides is 1. The van der Waals surface area contributed by atoms with Gasteiger partial charge in [0.15, 0.2) is 0 Å². The van der Waals surface area contributed by atoms with Gasteiger partial charge in [0.2, 0.25) is 5.91 Å². The Morgan fingerprint density at radius 1 is 1.17 bits per heavy atom. The van der Waals surface area contributed by atoms with Crippen molar-refractivity contribution in [1.82, 2.24) is 15.1 Å². The average molecular weight is 354 g/mol. The van der Waals surface area contributed by atoms with Gasteiger partial charge >= 0.3 is 0 Å². The largest absolute Gasteiger partial charge is 0.352 e. The van der Waals surface area contributed by atoms with E-state index in [1.54, 1.807) is 6.07 Å². The summed E-state index contributed by atoms with van der Waals surface area (Å²) < 4.78 is 13.1. The maximum absolute atomic E-state index is 13.1. The number of carbonyl (C=O) groups excluding carboxylic acids is 1. The van der Waals surface area contributed by atoms with E-state index in [4.69, 9.17) is 11.6 Å². The molecule has 2 aliphatic rings. The maximum Gasteiger partial charge on any atom is 0.234 e. The van der Waals surface area contributed by atoms with E-state index in [1.165, 1.54) is 25.0 Å². The third-order valence-electron chi connectivity index (χ3n) is 4.96. The molecule has 1 saturated carbocycles. The van der Waals surface area contributed by atoms with Crippen molar-refractivity contribution in [3.8, 4) is 0 Å². The van der Waals surface area contributed by atoms with Crippen molar-refractivity contribution in [2.24, 2.45) is 0 Å². The molecule has 1 aromatic carbocycles. The highest BCUT2D eigenvalue weighted by Crippen LogP contribution is 2.20. The second kappa shape index (κ2) is 8.28. The number of nitrogens with one attached hydrogen (secondary N) is 1. The van der Waals surface area contributed by atoms with Gasteiger partial charge in [0.1, 0.15) is 5.82 Å². The summed E-state index contributed by atoms with van der Waals surface area (Å²) in [6.07, 6.45) is 4.71. The topological polar surface area (TPSA) is 35.6 Å². The average Bonchev–Trinajstić information content (AvgIpc) is 3.04. The monoisotopic (exact) mass is 353 g/mol. The number of nitrogens with zero attached hydrogens (tertiary/aromatic N) is 2. The molecule has 24 heavy (non-hydrogen) atoms. The lowest BCUT2D eigenvalue weighted by Crippen LogP contribution is -2.50. The number of benzene rings is 1. The van der Waals surface area contributed by atoms with E-state index < -0.39 is 0 Å². The molecule has 1 saturated heterocycles. The SMILES string of the molecule is O=C(CN1CCN(Cc2ccc(F)cc2Cl)CC1)NC1CCCC1. The van der Waals surface area contributed by atoms with Gasteiger partial charge in [-0.2, -0.15) is 0 Å². The lowest BCUT2D eigenvalue weighted by atomic mass is 10.2. The molecule has 0 unspecified atom stereocenters. The molecule has 1 aromatic rings. The summed E-state index contributed by atoms with van der Waals surface area (Å²) in [7, 11) is 0. The van der Waals surface area contributed by atoms with Crippen molar-refractivity contribution in [3.05, 3.63) is 34.6 Å². The van der Waals surface area contributed by atoms with E-state index in [2.05, 4.69) is 15.1 Å². The predicted octanol–water partition coefficient (Wildman–Crippen LogP) is 2.66. The Bertz CT molecular complexity index is 569. The van der Waals surface area contributed by atoms with Crippen LogP contribution < -0.4 is 5.32 Å². The second-order valence-electron chi connectivity index (χ2n) is 6.84. The first-order valence-corrected chi connectivity index (χ1v) is 9.16. The summed E-state index contributed by atoms with van der Waals surface area (Å²) in [4.78, 5) is 16.6. The Kier molecular flexibility index (Phi) is 6.09. The molecule has 0 atom stereocenters. The number of halogens is 2. The molecule has 1 aliphatic carbocycles. The van der Waals surface area contributed by atoms with Gasteiger partial charge in [0.05, 0.1) is 6.54 Å². The summed E-state index contributed by atoms with van der Waals surface area (Å²) in [5, 5.41) is 3.62. The van der Waals surface area contributed by atoms with Gasteiger partial charge in [-0.05, 0) is 30.5 Å². The fourth-order valence-corrected chi connectivity index (χ4v) is 3.77. The smallest absolute Gasteiger partial charge is 0.234 e. The van der Waals surface area contributed by atoms with Crippen LogP contribution in [0.2, 0.25) is 5.02 Å². The van der Waals surface area contributed by atoms with Crippen LogP contribution in [0.3, 0.4) is 0 Å². The lowest BCUT2D eigenvalue weighted by molar-refractivity contribution is -0.123. The van der Waals surface area contributed by atoms with Gasteiger partial charge < -0.3 is 5.32 Å². The first-order valence-electron chi connectivity index (χ1n) is 8.78. The Balaban J connectivity index is 1.41. The summed E-state index contributed by atoms with van der Waals surface area (Å²) in [6, 6.07) is 4.95. The second-order valence-corrected chi connectivity index (χ2v) is 7.24. The number of piperazine rings is 1. The van der Waals surface area contributed by atoms with E-state index >= 15 is 0 Å². The van der Waals surface area contributed by atoms with Crippen LogP contribution in [0.25, 0.3) is 0 Å². The van der Waals surface area contributed by atoms with Crippen molar-refractivity contribution < 1.29 is 9.18 Å². The predicted molar refractivity (Wildman–Crippen MR) is 93.5 cm³/mol. The van der Waals surface area contributed by atoms with Crippen molar-refractivity contribution >= 4 is 17.5 Å². The molecule has 6 heteroatoms. The van der Waals surface area contributed by atoms with Gasteiger partial charge in [0.25, 0.3) is 0 Å². The third-order valence-corrected chi connectivity index (χ3v) is 5.31. The summed E-state index contributed by atoms with van der Waals surface area (Å²) in [5.41, 5.74) is 0.950. The fourth-order valence-electron chi connectivity index (χ4n) is 3.54. The molecular formula is C18H25ClFN3O. The minimum absolute atomic E-state index is 0.150. The Morgan fingerprint density at radius 3 is 2.50 bits per heavy atom. The van der Waals surface area contributed by atoms with Crippen LogP contribution in [0, 0.1) is 5.82 Å². The molecule has 1 heterocycles. The van der Waals surface area contributed by atoms with Crippen LogP contribution in [0.15, 0.2) is 18.2 Å². The molecule has 132 valence electrons. The van der Waals surface area contributed by atoms with Crippen molar-refractivity contribution in [1.29, 1.82) is 0 Å². The van der Waals surface area contributed by atoms with E-state index in [-0.39, 0.29) is 11.7 Å². The Labute approximate surface area is 147 Å². The number of hydrogen-bond donors (Lipinski definition) is 1. The molecule has 2 fully saturated rings.